The summed E-state index contributed by atoms with van der Waals surface area (Å²) < 4.78 is 12.0. The van der Waals surface area contributed by atoms with Crippen molar-refractivity contribution in [3.63, 3.8) is 0 Å². The first-order valence-electron chi connectivity index (χ1n) is 14.6. The predicted molar refractivity (Wildman–Crippen MR) is 165 cm³/mol. The molecule has 3 aliphatic heterocycles. The Morgan fingerprint density at radius 3 is 1.70 bits per heavy atom. The Hall–Kier alpha value is -5.02. The summed E-state index contributed by atoms with van der Waals surface area (Å²) in [7, 11) is 0. The zero-order chi connectivity index (χ0) is 32.7. The number of anilines is 2. The van der Waals surface area contributed by atoms with Gasteiger partial charge in [0.1, 0.15) is 24.1 Å². The molecule has 14 nitrogen and oxygen atoms in total. The molecule has 0 saturated carbocycles. The number of nitrogens with zero attached hydrogens (tertiary/aromatic N) is 5. The lowest BCUT2D eigenvalue weighted by molar-refractivity contribution is -0.384. The van der Waals surface area contributed by atoms with Gasteiger partial charge in [-0.05, 0) is 50.2 Å². The predicted octanol–water partition coefficient (Wildman–Crippen LogP) is 2.48. The third kappa shape index (κ3) is 5.51. The lowest BCUT2D eigenvalue weighted by atomic mass is 9.70. The highest BCUT2D eigenvalue weighted by Gasteiger charge is 2.58. The summed E-state index contributed by atoms with van der Waals surface area (Å²) in [6, 6.07) is 22.4. The molecule has 0 aromatic heterocycles. The zero-order valence-electron chi connectivity index (χ0n) is 24.7. The van der Waals surface area contributed by atoms with E-state index >= 15 is 0 Å². The molecule has 3 aliphatic rings. The molecule has 0 aliphatic carbocycles. The van der Waals surface area contributed by atoms with E-state index in [0.29, 0.717) is 22.8 Å². The fraction of sp³-hybridized carbons (Fsp3) is 0.312. The van der Waals surface area contributed by atoms with Crippen LogP contribution in [0.25, 0.3) is 0 Å². The quantitative estimate of drug-likeness (QED) is 0.248. The maximum Gasteiger partial charge on any atom is 0.269 e. The summed E-state index contributed by atoms with van der Waals surface area (Å²) in [6.45, 7) is 3.26. The summed E-state index contributed by atoms with van der Waals surface area (Å²) >= 11 is 0. The molecule has 3 aromatic rings. The van der Waals surface area contributed by atoms with Crippen LogP contribution in [0.4, 0.5) is 17.1 Å². The second kappa shape index (κ2) is 12.4. The molecular formula is C32H31N5O9. The first kappa shape index (κ1) is 31.0. The van der Waals surface area contributed by atoms with Crippen molar-refractivity contribution in [3.05, 3.63) is 95.0 Å². The van der Waals surface area contributed by atoms with Crippen LogP contribution >= 0.6 is 0 Å². The summed E-state index contributed by atoms with van der Waals surface area (Å²) in [5.41, 5.74) is 1.45. The van der Waals surface area contributed by atoms with E-state index in [-0.39, 0.29) is 11.4 Å². The number of para-hydroxylation sites is 2. The van der Waals surface area contributed by atoms with Crippen LogP contribution in [0.3, 0.4) is 0 Å². The first-order chi connectivity index (χ1) is 22.1. The van der Waals surface area contributed by atoms with Gasteiger partial charge in [-0.2, -0.15) is 10.2 Å². The summed E-state index contributed by atoms with van der Waals surface area (Å²) in [5, 5.41) is 55.8. The number of hydrazone groups is 2. The van der Waals surface area contributed by atoms with E-state index in [1.54, 1.807) is 74.5 Å². The number of carbonyl (C=O) groups excluding carboxylic acids is 2. The number of ether oxygens (including phenoxy) is 2. The Balaban J connectivity index is 1.39. The van der Waals surface area contributed by atoms with Crippen LogP contribution in [0.15, 0.2) is 95.1 Å². The molecule has 14 heteroatoms. The Bertz CT molecular complexity index is 1610. The first-order valence-corrected chi connectivity index (χ1v) is 14.6. The maximum atomic E-state index is 14.1. The smallest absolute Gasteiger partial charge is 0.269 e. The van der Waals surface area contributed by atoms with Crippen molar-refractivity contribution in [3.8, 4) is 5.75 Å². The van der Waals surface area contributed by atoms with Crippen molar-refractivity contribution in [2.75, 3.05) is 10.0 Å². The monoisotopic (exact) mass is 629 g/mol. The Kier molecular flexibility index (Phi) is 8.35. The number of nitro groups is 1. The molecule has 1 saturated heterocycles. The number of non-ortho nitro benzene ring substituents is 1. The lowest BCUT2D eigenvalue weighted by Crippen LogP contribution is -2.64. The van der Waals surface area contributed by atoms with Gasteiger partial charge in [-0.3, -0.25) is 19.7 Å². The number of aliphatic hydroxyl groups excluding tert-OH is 3. The molecule has 1 fully saturated rings. The molecule has 0 radical (unpaired) electrons. The van der Waals surface area contributed by atoms with Gasteiger partial charge in [0.15, 0.2) is 0 Å². The molecule has 46 heavy (non-hydrogen) atoms. The molecule has 4 unspecified atom stereocenters. The van der Waals surface area contributed by atoms with Gasteiger partial charge < -0.3 is 24.8 Å². The van der Waals surface area contributed by atoms with Gasteiger partial charge in [0.05, 0.1) is 34.2 Å². The van der Waals surface area contributed by atoms with E-state index in [2.05, 4.69) is 10.2 Å². The number of hydrogen-bond acceptors (Lipinski definition) is 11. The van der Waals surface area contributed by atoms with Gasteiger partial charge >= 0.3 is 0 Å². The molecule has 7 atom stereocenters. The van der Waals surface area contributed by atoms with Crippen LogP contribution in [0.2, 0.25) is 0 Å². The molecule has 6 rings (SSSR count). The van der Waals surface area contributed by atoms with Crippen molar-refractivity contribution in [1.82, 2.24) is 0 Å². The Morgan fingerprint density at radius 1 is 0.761 bits per heavy atom. The number of aliphatic hydroxyl groups is 3. The average molecular weight is 630 g/mol. The van der Waals surface area contributed by atoms with Crippen molar-refractivity contribution in [1.29, 1.82) is 0 Å². The highest BCUT2D eigenvalue weighted by molar-refractivity contribution is 6.19. The van der Waals surface area contributed by atoms with Crippen LogP contribution < -0.4 is 14.8 Å². The molecule has 238 valence electrons. The minimum Gasteiger partial charge on any atom is -0.462 e. The molecule has 3 N–H and O–H groups in total. The highest BCUT2D eigenvalue weighted by Crippen LogP contribution is 2.42. The fourth-order valence-electron chi connectivity index (χ4n) is 6.20. The van der Waals surface area contributed by atoms with Gasteiger partial charge in [-0.1, -0.05) is 36.4 Å². The normalized spacial score (nSPS) is 28.6. The third-order valence-electron chi connectivity index (χ3n) is 8.42. The van der Waals surface area contributed by atoms with E-state index in [1.165, 1.54) is 34.3 Å². The number of nitro benzene ring substituents is 1. The van der Waals surface area contributed by atoms with Crippen molar-refractivity contribution in [2.45, 2.75) is 44.6 Å². The number of hydrogen-bond donors (Lipinski definition) is 3. The van der Waals surface area contributed by atoms with E-state index in [9.17, 15) is 35.0 Å². The van der Waals surface area contributed by atoms with Crippen molar-refractivity contribution in [2.24, 2.45) is 28.0 Å². The Labute approximate surface area is 262 Å². The van der Waals surface area contributed by atoms with Gasteiger partial charge in [0, 0.05) is 29.5 Å². The SMILES string of the molecule is CC1=NN(c2ccccc2)C(=O)C1C(C1C(=O)N(c2ccccc2)N=C1C)C1O[C@@H](Oc2ccc([N+](=O)[O-])cc2)C(O)[C@@H](O)[C@H]1O. The largest absolute Gasteiger partial charge is 0.462 e. The van der Waals surface area contributed by atoms with Gasteiger partial charge in [-0.15, -0.1) is 0 Å². The van der Waals surface area contributed by atoms with E-state index in [1.807, 2.05) is 0 Å². The van der Waals surface area contributed by atoms with Crippen LogP contribution in [0, 0.1) is 27.9 Å². The second-order valence-corrected chi connectivity index (χ2v) is 11.3. The minimum atomic E-state index is -1.82. The van der Waals surface area contributed by atoms with Crippen molar-refractivity contribution >= 4 is 40.3 Å². The van der Waals surface area contributed by atoms with Crippen molar-refractivity contribution < 1.29 is 39.3 Å². The van der Waals surface area contributed by atoms with Gasteiger partial charge in [0.2, 0.25) is 6.29 Å². The summed E-state index contributed by atoms with van der Waals surface area (Å²) in [6.07, 6.45) is -8.39. The zero-order valence-corrected chi connectivity index (χ0v) is 24.7. The number of carbonyl (C=O) groups is 2. The molecule has 3 aromatic carbocycles. The topological polar surface area (TPSA) is 188 Å². The van der Waals surface area contributed by atoms with Gasteiger partial charge in [0.25, 0.3) is 17.5 Å². The highest BCUT2D eigenvalue weighted by atomic mass is 16.7. The minimum absolute atomic E-state index is 0.0726. The third-order valence-corrected chi connectivity index (χ3v) is 8.42. The van der Waals surface area contributed by atoms with Gasteiger partial charge in [-0.25, -0.2) is 10.0 Å². The van der Waals surface area contributed by atoms with E-state index in [0.717, 1.165) is 0 Å². The fourth-order valence-corrected chi connectivity index (χ4v) is 6.20. The Morgan fingerprint density at radius 2 is 1.24 bits per heavy atom. The molecule has 0 bridgehead atoms. The molecule has 3 heterocycles. The lowest BCUT2D eigenvalue weighted by Gasteiger charge is -2.45. The second-order valence-electron chi connectivity index (χ2n) is 11.3. The van der Waals surface area contributed by atoms with Crippen LogP contribution in [0.1, 0.15) is 13.8 Å². The molecule has 0 spiro atoms. The molecule has 2 amide bonds. The van der Waals surface area contributed by atoms with E-state index < -0.39 is 65.2 Å². The number of amides is 2. The van der Waals surface area contributed by atoms with E-state index in [4.69, 9.17) is 9.47 Å². The summed E-state index contributed by atoms with van der Waals surface area (Å²) in [5.74, 6) is -4.30. The van der Waals surface area contributed by atoms with Crippen LogP contribution in [0.5, 0.6) is 5.75 Å². The standard InChI is InChI=1S/C32H31N5O9/c1-17-23(30(41)35(33-17)19-9-5-3-6-10-19)25(24-18(2)34-36(31(24)42)20-11-7-4-8-12-20)29-27(39)26(38)28(40)32(46-29)45-22-15-13-21(14-16-22)37(43)44/h3-16,23-29,32,38-40H,1-2H3/t23?,24?,25?,26-,27+,28?,29?,32+/m0/s1. The van der Waals surface area contributed by atoms with Crippen LogP contribution in [-0.2, 0) is 14.3 Å². The summed E-state index contributed by atoms with van der Waals surface area (Å²) in [4.78, 5) is 38.8. The number of benzene rings is 3. The average Bonchev–Trinajstić information content (AvgIpc) is 3.53. The maximum absolute atomic E-state index is 14.1. The van der Waals surface area contributed by atoms with Crippen LogP contribution in [-0.4, -0.2) is 74.2 Å². The number of rotatable bonds is 8. The molecular weight excluding hydrogens is 598 g/mol.